The minimum Gasteiger partial charge on any atom is -0.451 e. The lowest BCUT2D eigenvalue weighted by Crippen LogP contribution is -2.41. The number of ether oxygens (including phenoxy) is 1. The number of nitrogens with zero attached hydrogens (tertiary/aromatic N) is 4. The number of aliphatic imine (C=N–C) groups is 1. The van der Waals surface area contributed by atoms with Crippen molar-refractivity contribution < 1.29 is 14.3 Å². The quantitative estimate of drug-likeness (QED) is 0.670. The summed E-state index contributed by atoms with van der Waals surface area (Å²) in [5, 5.41) is 11.6. The van der Waals surface area contributed by atoms with E-state index in [1.54, 1.807) is 6.20 Å². The molecular formula is C19H28N4O3. The van der Waals surface area contributed by atoms with Crippen molar-refractivity contribution in [2.24, 2.45) is 4.99 Å². The number of morpholine rings is 1. The largest absolute Gasteiger partial charge is 0.451 e. The highest BCUT2D eigenvalue weighted by atomic mass is 16.5. The van der Waals surface area contributed by atoms with Gasteiger partial charge in [-0.05, 0) is 38.5 Å². The standard InChI is InChI=1S/C18H24N4O2.CH4O/c1-5-19-18(21-7-9-23-10-8-21)17-13(3)11-16(24-17)15-12-14(4)22(6-2)20-15;1-2/h5,11-12H,1,6-10H2,2-4H3;2H,1H3. The molecule has 0 aromatic carbocycles. The third kappa shape index (κ3) is 4.23. The molecule has 1 aliphatic rings. The van der Waals surface area contributed by atoms with E-state index in [1.165, 1.54) is 0 Å². The average Bonchev–Trinajstić information content (AvgIpc) is 3.24. The summed E-state index contributed by atoms with van der Waals surface area (Å²) in [4.78, 5) is 6.63. The van der Waals surface area contributed by atoms with E-state index in [1.807, 2.05) is 23.7 Å². The van der Waals surface area contributed by atoms with Crippen LogP contribution in [0.3, 0.4) is 0 Å². The Morgan fingerprint density at radius 1 is 1.31 bits per heavy atom. The first kappa shape index (κ1) is 19.9. The van der Waals surface area contributed by atoms with Gasteiger partial charge in [0.25, 0.3) is 0 Å². The first-order chi connectivity index (χ1) is 12.6. The van der Waals surface area contributed by atoms with Crippen molar-refractivity contribution in [1.29, 1.82) is 0 Å². The number of amidine groups is 1. The molecule has 2 aromatic heterocycles. The van der Waals surface area contributed by atoms with Crippen LogP contribution in [0.4, 0.5) is 0 Å². The normalized spacial score (nSPS) is 14.8. The molecule has 0 saturated carbocycles. The Morgan fingerprint density at radius 2 is 2.00 bits per heavy atom. The van der Waals surface area contributed by atoms with Crippen LogP contribution in [0.2, 0.25) is 0 Å². The molecule has 142 valence electrons. The van der Waals surface area contributed by atoms with Crippen LogP contribution in [0, 0.1) is 13.8 Å². The van der Waals surface area contributed by atoms with Crippen molar-refractivity contribution in [2.45, 2.75) is 27.3 Å². The van der Waals surface area contributed by atoms with Gasteiger partial charge in [0.1, 0.15) is 5.69 Å². The van der Waals surface area contributed by atoms with Crippen LogP contribution in [-0.2, 0) is 11.3 Å². The second kappa shape index (κ2) is 9.35. The van der Waals surface area contributed by atoms with Crippen molar-refractivity contribution in [1.82, 2.24) is 14.7 Å². The number of hydrogen-bond donors (Lipinski definition) is 1. The molecular weight excluding hydrogens is 332 g/mol. The highest BCUT2D eigenvalue weighted by Crippen LogP contribution is 2.26. The third-order valence-corrected chi connectivity index (χ3v) is 4.18. The van der Waals surface area contributed by atoms with E-state index in [0.717, 1.165) is 61.1 Å². The Bertz CT molecular complexity index is 755. The molecule has 0 radical (unpaired) electrons. The lowest BCUT2D eigenvalue weighted by molar-refractivity contribution is 0.0678. The smallest absolute Gasteiger partial charge is 0.172 e. The van der Waals surface area contributed by atoms with Gasteiger partial charge in [-0.1, -0.05) is 6.58 Å². The number of furan rings is 1. The lowest BCUT2D eigenvalue weighted by atomic mass is 10.2. The van der Waals surface area contributed by atoms with Crippen LogP contribution in [0.25, 0.3) is 11.5 Å². The molecule has 1 fully saturated rings. The predicted octanol–water partition coefficient (Wildman–Crippen LogP) is 2.61. The number of aromatic nitrogens is 2. The van der Waals surface area contributed by atoms with Crippen molar-refractivity contribution in [3.63, 3.8) is 0 Å². The molecule has 3 rings (SSSR count). The summed E-state index contributed by atoms with van der Waals surface area (Å²) >= 11 is 0. The van der Waals surface area contributed by atoms with E-state index < -0.39 is 0 Å². The van der Waals surface area contributed by atoms with E-state index >= 15 is 0 Å². The molecule has 7 heteroatoms. The number of aliphatic hydroxyl groups is 1. The molecule has 0 aliphatic carbocycles. The summed E-state index contributed by atoms with van der Waals surface area (Å²) in [6, 6.07) is 4.07. The minimum absolute atomic E-state index is 0.697. The van der Waals surface area contributed by atoms with Gasteiger partial charge in [0, 0.05) is 38.6 Å². The maximum absolute atomic E-state index is 7.00. The maximum atomic E-state index is 7.00. The summed E-state index contributed by atoms with van der Waals surface area (Å²) in [6.07, 6.45) is 1.56. The van der Waals surface area contributed by atoms with Gasteiger partial charge in [-0.3, -0.25) is 4.68 Å². The molecule has 0 amide bonds. The molecule has 0 spiro atoms. The Balaban J connectivity index is 0.00000117. The van der Waals surface area contributed by atoms with Crippen LogP contribution in [0.5, 0.6) is 0 Å². The molecule has 2 aromatic rings. The third-order valence-electron chi connectivity index (χ3n) is 4.18. The van der Waals surface area contributed by atoms with Crippen molar-refractivity contribution >= 4 is 5.84 Å². The fourth-order valence-corrected chi connectivity index (χ4v) is 2.93. The minimum atomic E-state index is 0.697. The zero-order valence-electron chi connectivity index (χ0n) is 16.0. The van der Waals surface area contributed by atoms with E-state index in [-0.39, 0.29) is 0 Å². The monoisotopic (exact) mass is 360 g/mol. The molecule has 0 atom stereocenters. The molecule has 3 heterocycles. The van der Waals surface area contributed by atoms with E-state index in [2.05, 4.69) is 35.4 Å². The number of aryl methyl sites for hydroxylation is 3. The van der Waals surface area contributed by atoms with Crippen LogP contribution in [-0.4, -0.2) is 59.0 Å². The number of rotatable bonds is 4. The molecule has 1 N–H and O–H groups in total. The first-order valence-electron chi connectivity index (χ1n) is 8.75. The topological polar surface area (TPSA) is 76.0 Å². The highest BCUT2D eigenvalue weighted by molar-refractivity contribution is 5.98. The van der Waals surface area contributed by atoms with Crippen molar-refractivity contribution in [2.75, 3.05) is 33.4 Å². The highest BCUT2D eigenvalue weighted by Gasteiger charge is 2.23. The van der Waals surface area contributed by atoms with Gasteiger partial charge in [-0.2, -0.15) is 5.10 Å². The molecule has 1 aliphatic heterocycles. The molecule has 7 nitrogen and oxygen atoms in total. The van der Waals surface area contributed by atoms with Gasteiger partial charge in [-0.15, -0.1) is 0 Å². The molecule has 0 bridgehead atoms. The molecule has 26 heavy (non-hydrogen) atoms. The van der Waals surface area contributed by atoms with E-state index in [9.17, 15) is 0 Å². The predicted molar refractivity (Wildman–Crippen MR) is 102 cm³/mol. The lowest BCUT2D eigenvalue weighted by Gasteiger charge is -2.28. The van der Waals surface area contributed by atoms with Gasteiger partial charge in [0.2, 0.25) is 0 Å². The number of aliphatic hydroxyl groups excluding tert-OH is 1. The first-order valence-corrected chi connectivity index (χ1v) is 8.75. The summed E-state index contributed by atoms with van der Waals surface area (Å²) < 4.78 is 13.5. The van der Waals surface area contributed by atoms with Gasteiger partial charge < -0.3 is 19.2 Å². The number of hydrogen-bond acceptors (Lipinski definition) is 5. The Morgan fingerprint density at radius 3 is 2.58 bits per heavy atom. The zero-order valence-corrected chi connectivity index (χ0v) is 16.0. The Hall–Kier alpha value is -2.38. The fraction of sp³-hybridized carbons (Fsp3) is 0.474. The van der Waals surface area contributed by atoms with Crippen LogP contribution in [0.15, 0.2) is 34.3 Å². The van der Waals surface area contributed by atoms with Gasteiger partial charge in [0.15, 0.2) is 17.4 Å². The fourth-order valence-electron chi connectivity index (χ4n) is 2.93. The van der Waals surface area contributed by atoms with Crippen LogP contribution >= 0.6 is 0 Å². The van der Waals surface area contributed by atoms with Gasteiger partial charge in [0.05, 0.1) is 13.2 Å². The van der Waals surface area contributed by atoms with E-state index in [4.69, 9.17) is 14.3 Å². The Labute approximate surface area is 154 Å². The second-order valence-electron chi connectivity index (χ2n) is 5.84. The Kier molecular flexibility index (Phi) is 7.17. The molecule has 0 unspecified atom stereocenters. The SMILES string of the molecule is C=CN=C(c1oc(-c2cc(C)n(CC)n2)cc1C)N1CCOCC1.CO. The summed E-state index contributed by atoms with van der Waals surface area (Å²) in [7, 11) is 1.00. The van der Waals surface area contributed by atoms with E-state index in [0.29, 0.717) is 13.2 Å². The zero-order chi connectivity index (χ0) is 19.1. The van der Waals surface area contributed by atoms with Crippen LogP contribution < -0.4 is 0 Å². The summed E-state index contributed by atoms with van der Waals surface area (Å²) in [5.74, 6) is 2.35. The summed E-state index contributed by atoms with van der Waals surface area (Å²) in [6.45, 7) is 13.7. The van der Waals surface area contributed by atoms with Crippen LogP contribution in [0.1, 0.15) is 23.9 Å². The maximum Gasteiger partial charge on any atom is 0.172 e. The van der Waals surface area contributed by atoms with Crippen molar-refractivity contribution in [3.8, 4) is 11.5 Å². The molecule has 1 saturated heterocycles. The summed E-state index contributed by atoms with van der Waals surface area (Å²) in [5.41, 5.74) is 3.01. The van der Waals surface area contributed by atoms with Gasteiger partial charge in [-0.25, -0.2) is 4.99 Å². The van der Waals surface area contributed by atoms with Crippen molar-refractivity contribution in [3.05, 3.63) is 41.9 Å². The second-order valence-corrected chi connectivity index (χ2v) is 5.84. The average molecular weight is 360 g/mol. The van der Waals surface area contributed by atoms with Gasteiger partial charge >= 0.3 is 0 Å².